The van der Waals surface area contributed by atoms with Crippen molar-refractivity contribution < 1.29 is 19.1 Å². The highest BCUT2D eigenvalue weighted by molar-refractivity contribution is 6.30. The molecule has 2 aromatic rings. The average molecular weight is 401 g/mol. The summed E-state index contributed by atoms with van der Waals surface area (Å²) >= 11 is 5.86. The Morgan fingerprint density at radius 3 is 2.68 bits per heavy atom. The number of likely N-dealkylation sites (tertiary alicyclic amines) is 1. The number of ether oxygens (including phenoxy) is 1. The smallest absolute Gasteiger partial charge is 0.311 e. The molecule has 0 unspecified atom stereocenters. The third kappa shape index (κ3) is 5.57. The fraction of sp³-hybridized carbons (Fsp3) is 0.286. The minimum atomic E-state index is -0.540. The molecule has 0 aromatic heterocycles. The van der Waals surface area contributed by atoms with E-state index >= 15 is 0 Å². The Morgan fingerprint density at radius 1 is 1.14 bits per heavy atom. The van der Waals surface area contributed by atoms with Gasteiger partial charge in [-0.15, -0.1) is 0 Å². The molecule has 1 fully saturated rings. The Morgan fingerprint density at radius 2 is 1.93 bits per heavy atom. The van der Waals surface area contributed by atoms with E-state index in [2.05, 4.69) is 5.32 Å². The van der Waals surface area contributed by atoms with Gasteiger partial charge in [0, 0.05) is 30.2 Å². The van der Waals surface area contributed by atoms with Crippen molar-refractivity contribution in [2.75, 3.05) is 25.0 Å². The number of benzene rings is 2. The van der Waals surface area contributed by atoms with Gasteiger partial charge in [0.25, 0.3) is 5.91 Å². The fourth-order valence-corrected chi connectivity index (χ4v) is 3.26. The fourth-order valence-electron chi connectivity index (χ4n) is 3.07. The van der Waals surface area contributed by atoms with Crippen LogP contribution in [0, 0.1) is 5.92 Å². The normalized spacial score (nSPS) is 16.1. The predicted octanol–water partition coefficient (Wildman–Crippen LogP) is 2.91. The minimum absolute atomic E-state index is 0.0683. The van der Waals surface area contributed by atoms with Crippen LogP contribution in [0.25, 0.3) is 0 Å². The van der Waals surface area contributed by atoms with Crippen LogP contribution in [0.1, 0.15) is 12.0 Å². The molecule has 7 heteroatoms. The number of carbonyl (C=O) groups excluding carboxylic acids is 3. The van der Waals surface area contributed by atoms with Crippen LogP contribution < -0.4 is 5.32 Å². The molecule has 2 aromatic carbocycles. The lowest BCUT2D eigenvalue weighted by Crippen LogP contribution is -2.29. The largest absolute Gasteiger partial charge is 0.455 e. The lowest BCUT2D eigenvalue weighted by atomic mass is 10.1. The molecular formula is C21H21ClN2O4. The first-order valence-corrected chi connectivity index (χ1v) is 9.43. The van der Waals surface area contributed by atoms with Crippen LogP contribution in [0.3, 0.4) is 0 Å². The maximum absolute atomic E-state index is 12.2. The predicted molar refractivity (Wildman–Crippen MR) is 106 cm³/mol. The molecule has 3 rings (SSSR count). The Kier molecular flexibility index (Phi) is 6.66. The first-order valence-electron chi connectivity index (χ1n) is 9.05. The summed E-state index contributed by atoms with van der Waals surface area (Å²) in [4.78, 5) is 38.0. The standard InChI is InChI=1S/C21H21ClN2O4/c22-17-7-4-8-18(12-17)23-19(25)14-28-21(27)16-11-20(26)24(13-16)10-9-15-5-2-1-3-6-15/h1-8,12,16H,9-11,13-14H2,(H,23,25)/t16-/m1/s1. The molecule has 0 bridgehead atoms. The van der Waals surface area contributed by atoms with Gasteiger partial charge in [0.05, 0.1) is 5.92 Å². The molecule has 1 N–H and O–H groups in total. The van der Waals surface area contributed by atoms with Crippen molar-refractivity contribution >= 4 is 35.1 Å². The van der Waals surface area contributed by atoms with E-state index in [4.69, 9.17) is 16.3 Å². The Labute approximate surface area is 168 Å². The topological polar surface area (TPSA) is 75.7 Å². The quantitative estimate of drug-likeness (QED) is 0.725. The van der Waals surface area contributed by atoms with E-state index in [1.165, 1.54) is 0 Å². The minimum Gasteiger partial charge on any atom is -0.455 e. The van der Waals surface area contributed by atoms with Crippen LogP contribution in [0.15, 0.2) is 54.6 Å². The number of esters is 1. The van der Waals surface area contributed by atoms with Crippen molar-refractivity contribution in [3.63, 3.8) is 0 Å². The third-order valence-corrected chi connectivity index (χ3v) is 4.75. The summed E-state index contributed by atoms with van der Waals surface area (Å²) in [5, 5.41) is 3.10. The number of hydrogen-bond acceptors (Lipinski definition) is 4. The van der Waals surface area contributed by atoms with Crippen molar-refractivity contribution in [1.82, 2.24) is 4.90 Å². The lowest BCUT2D eigenvalue weighted by molar-refractivity contribution is -0.151. The zero-order valence-electron chi connectivity index (χ0n) is 15.3. The molecule has 1 heterocycles. The van der Waals surface area contributed by atoms with Crippen LogP contribution in [0.2, 0.25) is 5.02 Å². The van der Waals surface area contributed by atoms with E-state index in [1.807, 2.05) is 30.3 Å². The summed E-state index contributed by atoms with van der Waals surface area (Å²) in [6, 6.07) is 16.5. The third-order valence-electron chi connectivity index (χ3n) is 4.51. The summed E-state index contributed by atoms with van der Waals surface area (Å²) in [7, 11) is 0. The molecule has 28 heavy (non-hydrogen) atoms. The Hall–Kier alpha value is -2.86. The number of halogens is 1. The van der Waals surface area contributed by atoms with Crippen molar-refractivity contribution in [2.24, 2.45) is 5.92 Å². The lowest BCUT2D eigenvalue weighted by Gasteiger charge is -2.16. The molecule has 0 spiro atoms. The highest BCUT2D eigenvalue weighted by Crippen LogP contribution is 2.20. The summed E-state index contributed by atoms with van der Waals surface area (Å²) in [6.07, 6.45) is 0.847. The molecule has 1 atom stereocenters. The molecule has 0 radical (unpaired) electrons. The second-order valence-corrected chi connectivity index (χ2v) is 7.08. The molecule has 6 nitrogen and oxygen atoms in total. The van der Waals surface area contributed by atoms with Crippen molar-refractivity contribution in [1.29, 1.82) is 0 Å². The molecule has 2 amide bonds. The molecule has 0 aliphatic carbocycles. The van der Waals surface area contributed by atoms with Gasteiger partial charge in [-0.05, 0) is 30.2 Å². The van der Waals surface area contributed by atoms with Gasteiger partial charge < -0.3 is 15.0 Å². The Balaban J connectivity index is 1.43. The number of anilines is 1. The summed E-state index contributed by atoms with van der Waals surface area (Å²) in [5.74, 6) is -1.60. The monoisotopic (exact) mass is 400 g/mol. The van der Waals surface area contributed by atoms with E-state index in [1.54, 1.807) is 29.2 Å². The second-order valence-electron chi connectivity index (χ2n) is 6.64. The maximum atomic E-state index is 12.2. The van der Waals surface area contributed by atoms with E-state index in [0.717, 1.165) is 12.0 Å². The van der Waals surface area contributed by atoms with Gasteiger partial charge in [0.2, 0.25) is 5.91 Å². The van der Waals surface area contributed by atoms with Gasteiger partial charge >= 0.3 is 5.97 Å². The van der Waals surface area contributed by atoms with Crippen LogP contribution in [-0.2, 0) is 25.5 Å². The zero-order chi connectivity index (χ0) is 19.9. The van der Waals surface area contributed by atoms with Gasteiger partial charge in [-0.3, -0.25) is 14.4 Å². The molecule has 1 aliphatic rings. The number of hydrogen-bond donors (Lipinski definition) is 1. The number of amides is 2. The molecule has 1 aliphatic heterocycles. The van der Waals surface area contributed by atoms with Gasteiger partial charge in [-0.1, -0.05) is 48.0 Å². The molecule has 146 valence electrons. The van der Waals surface area contributed by atoms with Crippen molar-refractivity contribution in [3.8, 4) is 0 Å². The first kappa shape index (κ1) is 19.9. The van der Waals surface area contributed by atoms with Crippen LogP contribution in [0.4, 0.5) is 5.69 Å². The summed E-state index contributed by atoms with van der Waals surface area (Å²) in [5.41, 5.74) is 1.66. The number of rotatable bonds is 7. The number of carbonyl (C=O) groups is 3. The molecule has 1 saturated heterocycles. The SMILES string of the molecule is O=C(COC(=O)[C@@H]1CC(=O)N(CCc2ccccc2)C1)Nc1cccc(Cl)c1. The molecule has 0 saturated carbocycles. The highest BCUT2D eigenvalue weighted by Gasteiger charge is 2.35. The maximum Gasteiger partial charge on any atom is 0.311 e. The van der Waals surface area contributed by atoms with E-state index in [-0.39, 0.29) is 12.3 Å². The molecular weight excluding hydrogens is 380 g/mol. The van der Waals surface area contributed by atoms with Crippen molar-refractivity contribution in [2.45, 2.75) is 12.8 Å². The highest BCUT2D eigenvalue weighted by atomic mass is 35.5. The van der Waals surface area contributed by atoms with Crippen LogP contribution in [-0.4, -0.2) is 42.4 Å². The Bertz CT molecular complexity index is 856. The van der Waals surface area contributed by atoms with Gasteiger partial charge in [0.15, 0.2) is 6.61 Å². The van der Waals surface area contributed by atoms with E-state index in [9.17, 15) is 14.4 Å². The average Bonchev–Trinajstić information content (AvgIpc) is 3.06. The zero-order valence-corrected chi connectivity index (χ0v) is 16.0. The van der Waals surface area contributed by atoms with Crippen molar-refractivity contribution in [3.05, 3.63) is 65.2 Å². The van der Waals surface area contributed by atoms with E-state index in [0.29, 0.717) is 23.8 Å². The summed E-state index contributed by atoms with van der Waals surface area (Å²) < 4.78 is 5.09. The first-order chi connectivity index (χ1) is 13.5. The van der Waals surface area contributed by atoms with Crippen LogP contribution in [0.5, 0.6) is 0 Å². The number of nitrogens with zero attached hydrogens (tertiary/aromatic N) is 1. The van der Waals surface area contributed by atoms with Gasteiger partial charge in [-0.25, -0.2) is 0 Å². The van der Waals surface area contributed by atoms with Crippen LogP contribution >= 0.6 is 11.6 Å². The van der Waals surface area contributed by atoms with Gasteiger partial charge in [-0.2, -0.15) is 0 Å². The second kappa shape index (κ2) is 9.37. The van der Waals surface area contributed by atoms with Gasteiger partial charge in [0.1, 0.15) is 0 Å². The summed E-state index contributed by atoms with van der Waals surface area (Å²) in [6.45, 7) is 0.475. The van der Waals surface area contributed by atoms with E-state index < -0.39 is 24.4 Å². The number of nitrogens with one attached hydrogen (secondary N) is 1.